The van der Waals surface area contributed by atoms with Gasteiger partial charge < -0.3 is 10.1 Å². The van der Waals surface area contributed by atoms with E-state index in [9.17, 15) is 0 Å². The molecule has 2 heterocycles. The minimum atomic E-state index is -0.0702. The molecule has 0 spiro atoms. The van der Waals surface area contributed by atoms with Crippen LogP contribution >= 0.6 is 0 Å². The molecule has 0 atom stereocenters. The van der Waals surface area contributed by atoms with Crippen molar-refractivity contribution in [3.8, 4) is 11.1 Å². The SMILES string of the molecule is OCc1nc2ccc(-c3ccncc3)cc2[nH]1. The van der Waals surface area contributed by atoms with Crippen LogP contribution in [0.4, 0.5) is 0 Å². The van der Waals surface area contributed by atoms with Gasteiger partial charge in [0.1, 0.15) is 12.4 Å². The Hall–Kier alpha value is -2.20. The molecule has 0 aliphatic carbocycles. The molecular formula is C13H11N3O. The highest BCUT2D eigenvalue weighted by Crippen LogP contribution is 2.22. The summed E-state index contributed by atoms with van der Waals surface area (Å²) >= 11 is 0. The summed E-state index contributed by atoms with van der Waals surface area (Å²) in [6.45, 7) is -0.0702. The van der Waals surface area contributed by atoms with Crippen LogP contribution in [0.25, 0.3) is 22.2 Å². The molecule has 0 aliphatic heterocycles. The molecule has 2 N–H and O–H groups in total. The monoisotopic (exact) mass is 225 g/mol. The smallest absolute Gasteiger partial charge is 0.133 e. The molecule has 0 aliphatic rings. The van der Waals surface area contributed by atoms with Gasteiger partial charge in [0.15, 0.2) is 0 Å². The molecule has 0 radical (unpaired) electrons. The quantitative estimate of drug-likeness (QED) is 0.702. The Bertz CT molecular complexity index is 646. The van der Waals surface area contributed by atoms with Gasteiger partial charge in [0.2, 0.25) is 0 Å². The first-order valence-corrected chi connectivity index (χ1v) is 5.37. The van der Waals surface area contributed by atoms with Crippen molar-refractivity contribution in [3.63, 3.8) is 0 Å². The van der Waals surface area contributed by atoms with Gasteiger partial charge in [0.25, 0.3) is 0 Å². The van der Waals surface area contributed by atoms with Crippen LogP contribution in [0.15, 0.2) is 42.7 Å². The summed E-state index contributed by atoms with van der Waals surface area (Å²) in [4.78, 5) is 11.3. The van der Waals surface area contributed by atoms with Gasteiger partial charge in [-0.1, -0.05) is 6.07 Å². The van der Waals surface area contributed by atoms with E-state index in [1.165, 1.54) is 0 Å². The Morgan fingerprint density at radius 1 is 1.06 bits per heavy atom. The third kappa shape index (κ3) is 1.79. The molecule has 0 saturated carbocycles. The molecule has 84 valence electrons. The van der Waals surface area contributed by atoms with Crippen molar-refractivity contribution in [2.45, 2.75) is 6.61 Å². The van der Waals surface area contributed by atoms with Crippen molar-refractivity contribution in [3.05, 3.63) is 48.5 Å². The summed E-state index contributed by atoms with van der Waals surface area (Å²) in [5.41, 5.74) is 4.02. The summed E-state index contributed by atoms with van der Waals surface area (Å²) in [6, 6.07) is 9.91. The third-order valence-corrected chi connectivity index (χ3v) is 2.69. The average molecular weight is 225 g/mol. The number of benzene rings is 1. The summed E-state index contributed by atoms with van der Waals surface area (Å²) in [6.07, 6.45) is 3.54. The Balaban J connectivity index is 2.13. The molecule has 4 nitrogen and oxygen atoms in total. The van der Waals surface area contributed by atoms with Crippen molar-refractivity contribution >= 4 is 11.0 Å². The van der Waals surface area contributed by atoms with Crippen LogP contribution in [-0.4, -0.2) is 20.1 Å². The zero-order chi connectivity index (χ0) is 11.7. The van der Waals surface area contributed by atoms with Crippen molar-refractivity contribution < 1.29 is 5.11 Å². The highest BCUT2D eigenvalue weighted by Gasteiger charge is 2.03. The topological polar surface area (TPSA) is 61.8 Å². The van der Waals surface area contributed by atoms with Gasteiger partial charge in [-0.15, -0.1) is 0 Å². The molecular weight excluding hydrogens is 214 g/mol. The number of hydrogen-bond acceptors (Lipinski definition) is 3. The van der Waals surface area contributed by atoms with Crippen molar-refractivity contribution in [2.24, 2.45) is 0 Å². The van der Waals surface area contributed by atoms with Gasteiger partial charge in [-0.2, -0.15) is 0 Å². The van der Waals surface area contributed by atoms with E-state index in [2.05, 4.69) is 15.0 Å². The van der Waals surface area contributed by atoms with E-state index in [0.717, 1.165) is 22.2 Å². The van der Waals surface area contributed by atoms with E-state index >= 15 is 0 Å². The number of aliphatic hydroxyl groups excluding tert-OH is 1. The predicted octanol–water partition coefficient (Wildman–Crippen LogP) is 2.12. The van der Waals surface area contributed by atoms with Crippen LogP contribution in [0.5, 0.6) is 0 Å². The molecule has 0 unspecified atom stereocenters. The van der Waals surface area contributed by atoms with Crippen molar-refractivity contribution in [2.75, 3.05) is 0 Å². The van der Waals surface area contributed by atoms with E-state index in [0.29, 0.717) is 5.82 Å². The summed E-state index contributed by atoms with van der Waals surface area (Å²) in [7, 11) is 0. The number of nitrogens with one attached hydrogen (secondary N) is 1. The van der Waals surface area contributed by atoms with Gasteiger partial charge in [0.05, 0.1) is 11.0 Å². The number of imidazole rings is 1. The van der Waals surface area contributed by atoms with E-state index in [1.54, 1.807) is 12.4 Å². The lowest BCUT2D eigenvalue weighted by atomic mass is 10.1. The van der Waals surface area contributed by atoms with E-state index in [1.807, 2.05) is 30.3 Å². The standard InChI is InChI=1S/C13H11N3O/c17-8-13-15-11-2-1-10(7-12(11)16-13)9-3-5-14-6-4-9/h1-7,17H,8H2,(H,15,16). The minimum Gasteiger partial charge on any atom is -0.388 e. The third-order valence-electron chi connectivity index (χ3n) is 2.69. The molecule has 0 saturated heterocycles. The second-order valence-electron chi connectivity index (χ2n) is 3.81. The van der Waals surface area contributed by atoms with Crippen molar-refractivity contribution in [1.29, 1.82) is 0 Å². The van der Waals surface area contributed by atoms with Crippen LogP contribution in [0.3, 0.4) is 0 Å². The maximum Gasteiger partial charge on any atom is 0.133 e. The first-order chi connectivity index (χ1) is 8.36. The Labute approximate surface area is 98.0 Å². The zero-order valence-corrected chi connectivity index (χ0v) is 9.09. The maximum atomic E-state index is 9.02. The van der Waals surface area contributed by atoms with E-state index < -0.39 is 0 Å². The Morgan fingerprint density at radius 2 is 1.88 bits per heavy atom. The van der Waals surface area contributed by atoms with Crippen LogP contribution in [0, 0.1) is 0 Å². The minimum absolute atomic E-state index is 0.0702. The second kappa shape index (κ2) is 3.99. The number of fused-ring (bicyclic) bond motifs is 1. The molecule has 3 aromatic rings. The number of H-pyrrole nitrogens is 1. The molecule has 4 heteroatoms. The second-order valence-corrected chi connectivity index (χ2v) is 3.81. The van der Waals surface area contributed by atoms with Crippen LogP contribution in [0.1, 0.15) is 5.82 Å². The zero-order valence-electron chi connectivity index (χ0n) is 9.09. The number of aromatic nitrogens is 3. The fraction of sp³-hybridized carbons (Fsp3) is 0.0769. The first-order valence-electron chi connectivity index (χ1n) is 5.37. The number of hydrogen-bond donors (Lipinski definition) is 2. The number of pyridine rings is 1. The normalized spacial score (nSPS) is 10.9. The predicted molar refractivity (Wildman–Crippen MR) is 65.2 cm³/mol. The van der Waals surface area contributed by atoms with Gasteiger partial charge in [-0.3, -0.25) is 4.98 Å². The van der Waals surface area contributed by atoms with Crippen molar-refractivity contribution in [1.82, 2.24) is 15.0 Å². The van der Waals surface area contributed by atoms with Crippen LogP contribution < -0.4 is 0 Å². The lowest BCUT2D eigenvalue weighted by Gasteiger charge is -2.00. The molecule has 1 aromatic carbocycles. The highest BCUT2D eigenvalue weighted by molar-refractivity contribution is 5.81. The molecule has 3 rings (SSSR count). The first kappa shape index (κ1) is 9.99. The van der Waals surface area contributed by atoms with Crippen LogP contribution in [-0.2, 0) is 6.61 Å². The molecule has 17 heavy (non-hydrogen) atoms. The molecule has 0 bridgehead atoms. The summed E-state index contributed by atoms with van der Waals surface area (Å²) in [5.74, 6) is 0.590. The average Bonchev–Trinajstić information content (AvgIpc) is 2.81. The van der Waals surface area contributed by atoms with Gasteiger partial charge >= 0.3 is 0 Å². The summed E-state index contributed by atoms with van der Waals surface area (Å²) < 4.78 is 0. The number of rotatable bonds is 2. The lowest BCUT2D eigenvalue weighted by Crippen LogP contribution is -1.83. The number of nitrogens with zero attached hydrogens (tertiary/aromatic N) is 2. The maximum absolute atomic E-state index is 9.02. The number of aliphatic hydroxyl groups is 1. The fourth-order valence-corrected chi connectivity index (χ4v) is 1.86. The molecule has 2 aromatic heterocycles. The lowest BCUT2D eigenvalue weighted by molar-refractivity contribution is 0.273. The van der Waals surface area contributed by atoms with Gasteiger partial charge in [-0.05, 0) is 35.4 Å². The Morgan fingerprint density at radius 3 is 2.65 bits per heavy atom. The molecule has 0 amide bonds. The number of aromatic amines is 1. The largest absolute Gasteiger partial charge is 0.388 e. The van der Waals surface area contributed by atoms with E-state index in [-0.39, 0.29) is 6.61 Å². The summed E-state index contributed by atoms with van der Waals surface area (Å²) in [5, 5.41) is 9.02. The van der Waals surface area contributed by atoms with E-state index in [4.69, 9.17) is 5.11 Å². The molecule has 0 fully saturated rings. The van der Waals surface area contributed by atoms with Gasteiger partial charge in [-0.25, -0.2) is 4.98 Å². The fourth-order valence-electron chi connectivity index (χ4n) is 1.86. The Kier molecular flexibility index (Phi) is 2.34. The highest BCUT2D eigenvalue weighted by atomic mass is 16.3. The van der Waals surface area contributed by atoms with Gasteiger partial charge in [0, 0.05) is 12.4 Å². The van der Waals surface area contributed by atoms with Crippen LogP contribution in [0.2, 0.25) is 0 Å².